The number of aldehydes is 1. The molecule has 0 aliphatic carbocycles. The van der Waals surface area contributed by atoms with Gasteiger partial charge in [0, 0.05) is 11.1 Å². The van der Waals surface area contributed by atoms with E-state index in [0.717, 1.165) is 6.07 Å². The van der Waals surface area contributed by atoms with Gasteiger partial charge in [0.2, 0.25) is 5.82 Å². The molecule has 0 N–H and O–H groups in total. The Morgan fingerprint density at radius 2 is 1.80 bits per heavy atom. The van der Waals surface area contributed by atoms with Gasteiger partial charge in [0.25, 0.3) is 5.89 Å². The Balaban J connectivity index is 1.76. The molecule has 0 aliphatic heterocycles. The summed E-state index contributed by atoms with van der Waals surface area (Å²) in [6.45, 7) is -0.110. The number of hydrogen-bond donors (Lipinski definition) is 0. The molecular weight excluding hydrogens is 337 g/mol. The van der Waals surface area contributed by atoms with Gasteiger partial charge in [0.1, 0.15) is 12.0 Å². The summed E-state index contributed by atoms with van der Waals surface area (Å²) in [6, 6.07) is 11.3. The fourth-order valence-electron chi connectivity index (χ4n) is 2.14. The van der Waals surface area contributed by atoms with Crippen molar-refractivity contribution in [2.24, 2.45) is 0 Å². The fourth-order valence-corrected chi connectivity index (χ4v) is 2.14. The predicted molar refractivity (Wildman–Crippen MR) is 80.9 cm³/mol. The Kier molecular flexibility index (Phi) is 4.51. The van der Waals surface area contributed by atoms with Crippen LogP contribution in [0, 0.1) is 0 Å². The molecule has 25 heavy (non-hydrogen) atoms. The largest absolute Gasteiger partial charge is 0.484 e. The van der Waals surface area contributed by atoms with Crippen LogP contribution in [0.4, 0.5) is 13.2 Å². The van der Waals surface area contributed by atoms with Crippen molar-refractivity contribution in [1.82, 2.24) is 10.1 Å². The molecule has 0 amide bonds. The Morgan fingerprint density at radius 3 is 2.48 bits per heavy atom. The van der Waals surface area contributed by atoms with Gasteiger partial charge in [-0.3, -0.25) is 4.79 Å². The molecule has 5 nitrogen and oxygen atoms in total. The van der Waals surface area contributed by atoms with Crippen LogP contribution >= 0.6 is 0 Å². The van der Waals surface area contributed by atoms with Crippen LogP contribution in [0.5, 0.6) is 5.75 Å². The summed E-state index contributed by atoms with van der Waals surface area (Å²) in [5.41, 5.74) is -0.510. The Labute approximate surface area is 140 Å². The first-order chi connectivity index (χ1) is 12.0. The average Bonchev–Trinajstić information content (AvgIpc) is 3.08. The van der Waals surface area contributed by atoms with E-state index in [1.165, 1.54) is 18.2 Å². The number of alkyl halides is 3. The monoisotopic (exact) mass is 348 g/mol. The first-order valence-corrected chi connectivity index (χ1v) is 7.14. The molecule has 3 rings (SSSR count). The van der Waals surface area contributed by atoms with Crippen LogP contribution in [0.2, 0.25) is 0 Å². The number of hydrogen-bond acceptors (Lipinski definition) is 5. The van der Waals surface area contributed by atoms with E-state index in [4.69, 9.17) is 9.26 Å². The van der Waals surface area contributed by atoms with E-state index in [0.29, 0.717) is 17.6 Å². The molecular formula is C17H11F3N2O3. The SMILES string of the molecule is O=Cc1ccc(OCc2nc(-c3ccccc3C(F)(F)F)no2)cc1. The smallest absolute Gasteiger partial charge is 0.417 e. The average molecular weight is 348 g/mol. The van der Waals surface area contributed by atoms with Crippen LogP contribution in [0.25, 0.3) is 11.4 Å². The number of aromatic nitrogens is 2. The van der Waals surface area contributed by atoms with Crippen molar-refractivity contribution in [3.63, 3.8) is 0 Å². The highest BCUT2D eigenvalue weighted by Gasteiger charge is 2.34. The predicted octanol–water partition coefficient (Wildman–Crippen LogP) is 4.15. The number of benzene rings is 2. The molecule has 0 saturated heterocycles. The summed E-state index contributed by atoms with van der Waals surface area (Å²) in [4.78, 5) is 14.5. The summed E-state index contributed by atoms with van der Waals surface area (Å²) in [5, 5.41) is 3.59. The molecule has 1 heterocycles. The van der Waals surface area contributed by atoms with Crippen LogP contribution in [0.1, 0.15) is 21.8 Å². The van der Waals surface area contributed by atoms with Gasteiger partial charge in [-0.1, -0.05) is 23.4 Å². The molecule has 0 spiro atoms. The molecule has 0 saturated carbocycles. The summed E-state index contributed by atoms with van der Waals surface area (Å²) < 4.78 is 49.5. The zero-order chi connectivity index (χ0) is 17.9. The summed E-state index contributed by atoms with van der Waals surface area (Å²) in [6.07, 6.45) is -3.82. The number of carbonyl (C=O) groups is 1. The summed E-state index contributed by atoms with van der Waals surface area (Å²) >= 11 is 0. The lowest BCUT2D eigenvalue weighted by Crippen LogP contribution is -2.07. The molecule has 8 heteroatoms. The number of rotatable bonds is 5. The first kappa shape index (κ1) is 16.7. The molecule has 2 aromatic carbocycles. The number of nitrogens with zero attached hydrogens (tertiary/aromatic N) is 2. The molecule has 0 atom stereocenters. The van der Waals surface area contributed by atoms with Gasteiger partial charge in [-0.2, -0.15) is 18.2 Å². The van der Waals surface area contributed by atoms with Crippen LogP contribution in [0.3, 0.4) is 0 Å². The van der Waals surface area contributed by atoms with Crippen molar-refractivity contribution in [1.29, 1.82) is 0 Å². The maximum Gasteiger partial charge on any atom is 0.417 e. The topological polar surface area (TPSA) is 65.2 Å². The highest BCUT2D eigenvalue weighted by Crippen LogP contribution is 2.35. The second-order valence-corrected chi connectivity index (χ2v) is 5.03. The Hall–Kier alpha value is -3.16. The molecule has 3 aromatic rings. The van der Waals surface area contributed by atoms with Crippen LogP contribution < -0.4 is 4.74 Å². The molecule has 1 aromatic heterocycles. The van der Waals surface area contributed by atoms with Crippen molar-refractivity contribution >= 4 is 6.29 Å². The molecule has 128 valence electrons. The van der Waals surface area contributed by atoms with Crippen molar-refractivity contribution in [3.8, 4) is 17.1 Å². The molecule has 0 bridgehead atoms. The normalized spacial score (nSPS) is 11.3. The molecule has 0 radical (unpaired) electrons. The van der Waals surface area contributed by atoms with Gasteiger partial charge in [-0.05, 0) is 30.3 Å². The van der Waals surface area contributed by atoms with Gasteiger partial charge in [0.05, 0.1) is 5.56 Å². The zero-order valence-corrected chi connectivity index (χ0v) is 12.7. The van der Waals surface area contributed by atoms with Crippen molar-refractivity contribution in [2.45, 2.75) is 12.8 Å². The third-order valence-electron chi connectivity index (χ3n) is 3.32. The molecule has 0 aliphatic rings. The van der Waals surface area contributed by atoms with Crippen molar-refractivity contribution < 1.29 is 27.2 Å². The summed E-state index contributed by atoms with van der Waals surface area (Å²) in [5.74, 6) is 0.329. The first-order valence-electron chi connectivity index (χ1n) is 7.14. The van der Waals surface area contributed by atoms with Gasteiger partial charge in [-0.15, -0.1) is 0 Å². The Morgan fingerprint density at radius 1 is 1.08 bits per heavy atom. The minimum Gasteiger partial charge on any atom is -0.484 e. The summed E-state index contributed by atoms with van der Waals surface area (Å²) in [7, 11) is 0. The van der Waals surface area contributed by atoms with E-state index >= 15 is 0 Å². The second kappa shape index (κ2) is 6.76. The van der Waals surface area contributed by atoms with Crippen molar-refractivity contribution in [3.05, 3.63) is 65.5 Å². The lowest BCUT2D eigenvalue weighted by Gasteiger charge is -2.09. The van der Waals surface area contributed by atoms with Crippen molar-refractivity contribution in [2.75, 3.05) is 0 Å². The maximum absolute atomic E-state index is 13.0. The molecule has 0 fully saturated rings. The number of halogens is 3. The van der Waals surface area contributed by atoms with Crippen LogP contribution in [-0.4, -0.2) is 16.4 Å². The van der Waals surface area contributed by atoms with E-state index in [9.17, 15) is 18.0 Å². The third-order valence-corrected chi connectivity index (χ3v) is 3.32. The lowest BCUT2D eigenvalue weighted by atomic mass is 10.1. The third kappa shape index (κ3) is 3.85. The number of ether oxygens (including phenoxy) is 1. The number of carbonyl (C=O) groups excluding carboxylic acids is 1. The van der Waals surface area contributed by atoms with Gasteiger partial charge < -0.3 is 9.26 Å². The minimum absolute atomic E-state index is 0.0337. The van der Waals surface area contributed by atoms with E-state index in [1.54, 1.807) is 24.3 Å². The maximum atomic E-state index is 13.0. The van der Waals surface area contributed by atoms with E-state index in [-0.39, 0.29) is 23.9 Å². The fraction of sp³-hybridized carbons (Fsp3) is 0.118. The van der Waals surface area contributed by atoms with Crippen LogP contribution in [-0.2, 0) is 12.8 Å². The van der Waals surface area contributed by atoms with E-state index in [1.807, 2.05) is 0 Å². The van der Waals surface area contributed by atoms with Gasteiger partial charge >= 0.3 is 6.18 Å². The quantitative estimate of drug-likeness (QED) is 0.648. The standard InChI is InChI=1S/C17H11F3N2O3/c18-17(19,20)14-4-2-1-3-13(14)16-21-15(25-22-16)10-24-12-7-5-11(9-23)6-8-12/h1-9H,10H2. The van der Waals surface area contributed by atoms with Crippen LogP contribution in [0.15, 0.2) is 53.1 Å². The van der Waals surface area contributed by atoms with Gasteiger partial charge in [0.15, 0.2) is 6.61 Å². The zero-order valence-electron chi connectivity index (χ0n) is 12.7. The van der Waals surface area contributed by atoms with Gasteiger partial charge in [-0.25, -0.2) is 0 Å². The highest BCUT2D eigenvalue weighted by molar-refractivity contribution is 5.74. The van der Waals surface area contributed by atoms with E-state index < -0.39 is 11.7 Å². The second-order valence-electron chi connectivity index (χ2n) is 5.03. The minimum atomic E-state index is -4.52. The Bertz CT molecular complexity index is 873. The van der Waals surface area contributed by atoms with E-state index in [2.05, 4.69) is 10.1 Å². The molecule has 0 unspecified atom stereocenters. The highest BCUT2D eigenvalue weighted by atomic mass is 19.4. The lowest BCUT2D eigenvalue weighted by molar-refractivity contribution is -0.137.